The van der Waals surface area contributed by atoms with Crippen molar-refractivity contribution in [2.45, 2.75) is 22.3 Å². The molecule has 0 aliphatic carbocycles. The molecule has 1 aromatic heterocycles. The van der Waals surface area contributed by atoms with Gasteiger partial charge in [0.25, 0.3) is 5.69 Å². The summed E-state index contributed by atoms with van der Waals surface area (Å²) in [5.74, 6) is -0.233. The maximum absolute atomic E-state index is 13.0. The SMILES string of the molecule is CC(=O)Nc1cccc(Nc2nnc(Sc3cc(Cl)c(C(F)(F)F)cc3[N+](=O)[O-])s2)c1. The zero-order chi connectivity index (χ0) is 22.8. The van der Waals surface area contributed by atoms with Gasteiger partial charge >= 0.3 is 6.18 Å². The van der Waals surface area contributed by atoms with Gasteiger partial charge in [-0.05, 0) is 36.0 Å². The quantitative estimate of drug-likeness (QED) is 0.324. The van der Waals surface area contributed by atoms with Crippen LogP contribution in [0.15, 0.2) is 45.6 Å². The number of anilines is 3. The molecule has 14 heteroatoms. The van der Waals surface area contributed by atoms with Crippen molar-refractivity contribution in [1.82, 2.24) is 10.2 Å². The van der Waals surface area contributed by atoms with Crippen molar-refractivity contribution in [2.75, 3.05) is 10.6 Å². The molecule has 0 unspecified atom stereocenters. The van der Waals surface area contributed by atoms with Crippen LogP contribution in [0.5, 0.6) is 0 Å². The van der Waals surface area contributed by atoms with Gasteiger partial charge in [-0.2, -0.15) is 13.2 Å². The fourth-order valence-corrected chi connectivity index (χ4v) is 4.57. The summed E-state index contributed by atoms with van der Waals surface area (Å²) in [6.45, 7) is 1.38. The van der Waals surface area contributed by atoms with Crippen LogP contribution in [-0.2, 0) is 11.0 Å². The minimum absolute atomic E-state index is 0.0987. The molecular formula is C17H11ClF3N5O3S2. The summed E-state index contributed by atoms with van der Waals surface area (Å²) in [5.41, 5.74) is -0.868. The van der Waals surface area contributed by atoms with E-state index in [-0.39, 0.29) is 15.1 Å². The molecule has 0 radical (unpaired) electrons. The number of benzene rings is 2. The van der Waals surface area contributed by atoms with Crippen molar-refractivity contribution in [1.29, 1.82) is 0 Å². The average Bonchev–Trinajstić information content (AvgIpc) is 3.07. The first kappa shape index (κ1) is 22.8. The second-order valence-corrected chi connectivity index (χ2v) is 8.59. The number of amides is 1. The molecule has 0 saturated heterocycles. The predicted octanol–water partition coefficient (Wildman–Crippen LogP) is 5.97. The first-order valence-corrected chi connectivity index (χ1v) is 10.2. The molecule has 2 aromatic carbocycles. The van der Waals surface area contributed by atoms with E-state index in [2.05, 4.69) is 20.8 Å². The number of hydrogen-bond donors (Lipinski definition) is 2. The van der Waals surface area contributed by atoms with Crippen LogP contribution in [0.25, 0.3) is 0 Å². The molecule has 0 fully saturated rings. The van der Waals surface area contributed by atoms with Gasteiger partial charge in [0.1, 0.15) is 0 Å². The average molecular weight is 490 g/mol. The molecule has 31 heavy (non-hydrogen) atoms. The minimum Gasteiger partial charge on any atom is -0.330 e. The molecule has 3 rings (SSSR count). The Bertz CT molecular complexity index is 1160. The van der Waals surface area contributed by atoms with Crippen molar-refractivity contribution < 1.29 is 22.9 Å². The Labute approximate surface area is 186 Å². The van der Waals surface area contributed by atoms with E-state index in [4.69, 9.17) is 11.6 Å². The first-order valence-electron chi connectivity index (χ1n) is 8.24. The summed E-state index contributed by atoms with van der Waals surface area (Å²) in [7, 11) is 0. The third-order valence-electron chi connectivity index (χ3n) is 3.59. The summed E-state index contributed by atoms with van der Waals surface area (Å²) in [5, 5.41) is 24.4. The van der Waals surface area contributed by atoms with Crippen LogP contribution in [0.4, 0.5) is 35.4 Å². The number of carbonyl (C=O) groups is 1. The third kappa shape index (κ3) is 5.83. The summed E-state index contributed by atoms with van der Waals surface area (Å²) in [4.78, 5) is 21.4. The van der Waals surface area contributed by atoms with Gasteiger partial charge in [0, 0.05) is 24.4 Å². The molecule has 0 saturated carbocycles. The Morgan fingerprint density at radius 2 is 1.94 bits per heavy atom. The second kappa shape index (κ2) is 9.08. The molecule has 0 atom stereocenters. The summed E-state index contributed by atoms with van der Waals surface area (Å²) >= 11 is 7.50. The van der Waals surface area contributed by atoms with Crippen LogP contribution in [0, 0.1) is 10.1 Å². The highest BCUT2D eigenvalue weighted by Crippen LogP contribution is 2.44. The standard InChI is InChI=1S/C17H11ClF3N5O3S2/c1-8(27)22-9-3-2-4-10(5-9)23-15-24-25-16(31-15)30-14-7-12(18)11(17(19,20)21)6-13(14)26(28)29/h2-7H,1H3,(H,22,27)(H,23,24). The van der Waals surface area contributed by atoms with E-state index in [1.807, 2.05) is 0 Å². The lowest BCUT2D eigenvalue weighted by molar-refractivity contribution is -0.388. The van der Waals surface area contributed by atoms with Crippen molar-refractivity contribution in [3.8, 4) is 0 Å². The van der Waals surface area contributed by atoms with Crippen LogP contribution in [-0.4, -0.2) is 21.0 Å². The molecule has 3 aromatic rings. The lowest BCUT2D eigenvalue weighted by Gasteiger charge is -2.10. The number of aromatic nitrogens is 2. The lowest BCUT2D eigenvalue weighted by atomic mass is 10.2. The maximum Gasteiger partial charge on any atom is 0.418 e. The van der Waals surface area contributed by atoms with Gasteiger partial charge in [0.05, 0.1) is 20.4 Å². The molecule has 162 valence electrons. The maximum atomic E-state index is 13.0. The molecule has 1 heterocycles. The predicted molar refractivity (Wildman–Crippen MR) is 111 cm³/mol. The van der Waals surface area contributed by atoms with E-state index in [0.29, 0.717) is 22.6 Å². The van der Waals surface area contributed by atoms with Crippen LogP contribution in [0.2, 0.25) is 5.02 Å². The highest BCUT2D eigenvalue weighted by molar-refractivity contribution is 8.01. The molecule has 1 amide bonds. The van der Waals surface area contributed by atoms with E-state index < -0.39 is 27.4 Å². The fraction of sp³-hybridized carbons (Fsp3) is 0.118. The van der Waals surface area contributed by atoms with E-state index in [9.17, 15) is 28.1 Å². The topological polar surface area (TPSA) is 110 Å². The first-order chi connectivity index (χ1) is 14.5. The lowest BCUT2D eigenvalue weighted by Crippen LogP contribution is -2.07. The largest absolute Gasteiger partial charge is 0.418 e. The van der Waals surface area contributed by atoms with E-state index in [0.717, 1.165) is 29.2 Å². The normalized spacial score (nSPS) is 11.3. The minimum atomic E-state index is -4.82. The summed E-state index contributed by atoms with van der Waals surface area (Å²) < 4.78 is 39.2. The molecule has 0 aliphatic rings. The summed E-state index contributed by atoms with van der Waals surface area (Å²) in [6.07, 6.45) is -4.82. The number of carbonyl (C=O) groups excluding carboxylic acids is 1. The van der Waals surface area contributed by atoms with Gasteiger partial charge < -0.3 is 10.6 Å². The number of hydrogen-bond acceptors (Lipinski definition) is 8. The molecule has 8 nitrogen and oxygen atoms in total. The van der Waals surface area contributed by atoms with Gasteiger partial charge in [-0.15, -0.1) is 10.2 Å². The molecular weight excluding hydrogens is 479 g/mol. The van der Waals surface area contributed by atoms with Crippen molar-refractivity contribution >= 4 is 62.8 Å². The molecule has 0 spiro atoms. The Hall–Kier alpha value is -2.90. The van der Waals surface area contributed by atoms with E-state index in [1.54, 1.807) is 24.3 Å². The zero-order valence-electron chi connectivity index (χ0n) is 15.4. The zero-order valence-corrected chi connectivity index (χ0v) is 17.7. The highest BCUT2D eigenvalue weighted by Gasteiger charge is 2.36. The number of nitrogens with zero attached hydrogens (tertiary/aromatic N) is 3. The molecule has 0 bridgehead atoms. The van der Waals surface area contributed by atoms with Crippen molar-refractivity contribution in [3.63, 3.8) is 0 Å². The number of alkyl halides is 3. The number of nitrogens with one attached hydrogen (secondary N) is 2. The summed E-state index contributed by atoms with van der Waals surface area (Å²) in [6, 6.07) is 8.08. The Morgan fingerprint density at radius 1 is 1.23 bits per heavy atom. The van der Waals surface area contributed by atoms with Crippen molar-refractivity contribution in [2.24, 2.45) is 0 Å². The van der Waals surface area contributed by atoms with E-state index >= 15 is 0 Å². The number of nitro benzene ring substituents is 1. The van der Waals surface area contributed by atoms with Crippen molar-refractivity contribution in [3.05, 3.63) is 57.1 Å². The van der Waals surface area contributed by atoms with Gasteiger partial charge in [-0.25, -0.2) is 0 Å². The Kier molecular flexibility index (Phi) is 6.67. The number of nitro groups is 1. The Balaban J connectivity index is 1.82. The highest BCUT2D eigenvalue weighted by atomic mass is 35.5. The second-order valence-electron chi connectivity index (χ2n) is 5.92. The van der Waals surface area contributed by atoms with Crippen LogP contribution in [0.3, 0.4) is 0 Å². The molecule has 0 aliphatic heterocycles. The monoisotopic (exact) mass is 489 g/mol. The number of halogens is 4. The van der Waals surface area contributed by atoms with Gasteiger partial charge in [-0.1, -0.05) is 29.0 Å². The fourth-order valence-electron chi connectivity index (χ4n) is 2.38. The van der Waals surface area contributed by atoms with Gasteiger partial charge in [0.2, 0.25) is 11.0 Å². The number of rotatable bonds is 6. The van der Waals surface area contributed by atoms with Gasteiger partial charge in [0.15, 0.2) is 4.34 Å². The van der Waals surface area contributed by atoms with Crippen LogP contribution in [0.1, 0.15) is 12.5 Å². The third-order valence-corrected chi connectivity index (χ3v) is 5.84. The van der Waals surface area contributed by atoms with Crippen LogP contribution < -0.4 is 10.6 Å². The van der Waals surface area contributed by atoms with Gasteiger partial charge in [-0.3, -0.25) is 14.9 Å². The smallest absolute Gasteiger partial charge is 0.330 e. The Morgan fingerprint density at radius 3 is 2.58 bits per heavy atom. The van der Waals surface area contributed by atoms with Crippen LogP contribution >= 0.6 is 34.7 Å². The van der Waals surface area contributed by atoms with E-state index in [1.165, 1.54) is 6.92 Å². The molecule has 2 N–H and O–H groups in total.